The SMILES string of the molecule is Cn1nc(C2CCC(=O)CC2)cc1F. The minimum atomic E-state index is -0.308. The van der Waals surface area contributed by atoms with Crippen LogP contribution in [0.3, 0.4) is 0 Å². The molecule has 0 amide bonds. The summed E-state index contributed by atoms with van der Waals surface area (Å²) in [5.74, 6) is 0.276. The number of halogens is 1. The van der Waals surface area contributed by atoms with Crippen LogP contribution >= 0.6 is 0 Å². The monoisotopic (exact) mass is 196 g/mol. The van der Waals surface area contributed by atoms with Crippen LogP contribution in [0.2, 0.25) is 0 Å². The quantitative estimate of drug-likeness (QED) is 0.686. The van der Waals surface area contributed by atoms with Gasteiger partial charge in [-0.3, -0.25) is 4.79 Å². The number of Topliss-reactive ketones (excluding diaryl/α,β-unsaturated/α-hetero) is 1. The summed E-state index contributed by atoms with van der Waals surface area (Å²) in [5.41, 5.74) is 0.789. The molecule has 1 aliphatic rings. The summed E-state index contributed by atoms with van der Waals surface area (Å²) in [5, 5.41) is 4.09. The fraction of sp³-hybridized carbons (Fsp3) is 0.600. The number of nitrogens with zero attached hydrogens (tertiary/aromatic N) is 2. The van der Waals surface area contributed by atoms with Crippen LogP contribution in [0.25, 0.3) is 0 Å². The molecule has 0 spiro atoms. The molecule has 1 aromatic rings. The maximum absolute atomic E-state index is 13.0. The fourth-order valence-corrected chi connectivity index (χ4v) is 1.90. The first-order valence-electron chi connectivity index (χ1n) is 4.88. The van der Waals surface area contributed by atoms with Gasteiger partial charge in [-0.05, 0) is 12.8 Å². The van der Waals surface area contributed by atoms with E-state index in [1.807, 2.05) is 0 Å². The molecule has 0 radical (unpaired) electrons. The molecular formula is C10H13FN2O. The lowest BCUT2D eigenvalue weighted by molar-refractivity contribution is -0.120. The summed E-state index contributed by atoms with van der Waals surface area (Å²) in [6, 6.07) is 1.47. The van der Waals surface area contributed by atoms with Gasteiger partial charge in [0.25, 0.3) is 0 Å². The van der Waals surface area contributed by atoms with Crippen molar-refractivity contribution >= 4 is 5.78 Å². The van der Waals surface area contributed by atoms with Gasteiger partial charge in [0.2, 0.25) is 5.95 Å². The van der Waals surface area contributed by atoms with E-state index in [0.29, 0.717) is 18.6 Å². The molecule has 1 aromatic heterocycles. The van der Waals surface area contributed by atoms with Crippen LogP contribution < -0.4 is 0 Å². The number of hydrogen-bond acceptors (Lipinski definition) is 2. The second kappa shape index (κ2) is 3.52. The lowest BCUT2D eigenvalue weighted by atomic mass is 9.86. The van der Waals surface area contributed by atoms with Crippen LogP contribution in [0.4, 0.5) is 4.39 Å². The van der Waals surface area contributed by atoms with Crippen molar-refractivity contribution in [2.75, 3.05) is 0 Å². The van der Waals surface area contributed by atoms with Crippen molar-refractivity contribution < 1.29 is 9.18 Å². The smallest absolute Gasteiger partial charge is 0.211 e. The number of ketones is 1. The van der Waals surface area contributed by atoms with Crippen molar-refractivity contribution in [2.24, 2.45) is 7.05 Å². The summed E-state index contributed by atoms with van der Waals surface area (Å²) >= 11 is 0. The Morgan fingerprint density at radius 1 is 1.50 bits per heavy atom. The van der Waals surface area contributed by atoms with Gasteiger partial charge in [-0.25, -0.2) is 4.68 Å². The van der Waals surface area contributed by atoms with E-state index in [4.69, 9.17) is 0 Å². The number of carbonyl (C=O) groups excluding carboxylic acids is 1. The Hall–Kier alpha value is -1.19. The topological polar surface area (TPSA) is 34.9 Å². The first-order chi connectivity index (χ1) is 6.66. The predicted molar refractivity (Wildman–Crippen MR) is 49.4 cm³/mol. The first kappa shape index (κ1) is 9.37. The van der Waals surface area contributed by atoms with Gasteiger partial charge in [0.15, 0.2) is 0 Å². The molecule has 0 bridgehead atoms. The lowest BCUT2D eigenvalue weighted by Gasteiger charge is -2.18. The van der Waals surface area contributed by atoms with E-state index in [-0.39, 0.29) is 11.9 Å². The van der Waals surface area contributed by atoms with Gasteiger partial charge >= 0.3 is 0 Å². The minimum absolute atomic E-state index is 0.267. The van der Waals surface area contributed by atoms with Gasteiger partial charge in [0, 0.05) is 31.9 Å². The molecule has 76 valence electrons. The zero-order valence-electron chi connectivity index (χ0n) is 8.16. The number of carbonyl (C=O) groups is 1. The minimum Gasteiger partial charge on any atom is -0.300 e. The summed E-state index contributed by atoms with van der Waals surface area (Å²) in [6.45, 7) is 0. The van der Waals surface area contributed by atoms with Crippen molar-refractivity contribution in [3.05, 3.63) is 17.7 Å². The largest absolute Gasteiger partial charge is 0.300 e. The van der Waals surface area contributed by atoms with E-state index >= 15 is 0 Å². The number of aromatic nitrogens is 2. The van der Waals surface area contributed by atoms with Crippen molar-refractivity contribution in [3.8, 4) is 0 Å². The number of rotatable bonds is 1. The third-order valence-electron chi connectivity index (χ3n) is 2.80. The average molecular weight is 196 g/mol. The Morgan fingerprint density at radius 2 is 2.14 bits per heavy atom. The molecule has 0 atom stereocenters. The molecular weight excluding hydrogens is 183 g/mol. The molecule has 14 heavy (non-hydrogen) atoms. The van der Waals surface area contributed by atoms with Gasteiger partial charge in [-0.15, -0.1) is 0 Å². The average Bonchev–Trinajstić information content (AvgIpc) is 2.48. The second-order valence-electron chi connectivity index (χ2n) is 3.83. The summed E-state index contributed by atoms with van der Waals surface area (Å²) in [4.78, 5) is 11.0. The van der Waals surface area contributed by atoms with Gasteiger partial charge in [-0.1, -0.05) is 0 Å². The highest BCUT2D eigenvalue weighted by Crippen LogP contribution is 2.30. The molecule has 4 heteroatoms. The molecule has 0 aromatic carbocycles. The maximum Gasteiger partial charge on any atom is 0.211 e. The Morgan fingerprint density at radius 3 is 2.64 bits per heavy atom. The number of hydrogen-bond donors (Lipinski definition) is 0. The molecule has 0 aliphatic heterocycles. The molecule has 0 saturated heterocycles. The highest BCUT2D eigenvalue weighted by molar-refractivity contribution is 5.79. The van der Waals surface area contributed by atoms with Crippen molar-refractivity contribution in [1.29, 1.82) is 0 Å². The Labute approximate surface area is 81.9 Å². The molecule has 2 rings (SSSR count). The lowest BCUT2D eigenvalue weighted by Crippen LogP contribution is -2.12. The van der Waals surface area contributed by atoms with Gasteiger partial charge in [0.1, 0.15) is 5.78 Å². The Balaban J connectivity index is 2.12. The summed E-state index contributed by atoms with van der Waals surface area (Å²) in [6.07, 6.45) is 2.86. The van der Waals surface area contributed by atoms with E-state index in [0.717, 1.165) is 18.5 Å². The highest BCUT2D eigenvalue weighted by atomic mass is 19.1. The molecule has 1 saturated carbocycles. The predicted octanol–water partition coefficient (Wildman–Crippen LogP) is 1.79. The van der Waals surface area contributed by atoms with Crippen LogP contribution in [-0.4, -0.2) is 15.6 Å². The third-order valence-corrected chi connectivity index (χ3v) is 2.80. The summed E-state index contributed by atoms with van der Waals surface area (Å²) in [7, 11) is 1.59. The van der Waals surface area contributed by atoms with E-state index in [2.05, 4.69) is 5.10 Å². The molecule has 3 nitrogen and oxygen atoms in total. The fourth-order valence-electron chi connectivity index (χ4n) is 1.90. The molecule has 0 unspecified atom stereocenters. The molecule has 1 fully saturated rings. The van der Waals surface area contributed by atoms with Crippen LogP contribution in [0.1, 0.15) is 37.3 Å². The van der Waals surface area contributed by atoms with Crippen molar-refractivity contribution in [3.63, 3.8) is 0 Å². The normalized spacial score (nSPS) is 18.9. The molecule has 1 aliphatic carbocycles. The van der Waals surface area contributed by atoms with Crippen molar-refractivity contribution in [1.82, 2.24) is 9.78 Å². The zero-order valence-corrected chi connectivity index (χ0v) is 8.16. The van der Waals surface area contributed by atoms with Crippen LogP contribution in [0, 0.1) is 5.95 Å². The Kier molecular flexibility index (Phi) is 2.35. The maximum atomic E-state index is 13.0. The Bertz CT molecular complexity index is 330. The van der Waals surface area contributed by atoms with E-state index in [1.165, 1.54) is 10.7 Å². The van der Waals surface area contributed by atoms with Crippen molar-refractivity contribution in [2.45, 2.75) is 31.6 Å². The standard InChI is InChI=1S/C10H13FN2O/c1-13-10(11)6-9(12-13)7-2-4-8(14)5-3-7/h6-7H,2-5H2,1H3. The van der Waals surface area contributed by atoms with Gasteiger partial charge < -0.3 is 0 Å². The van der Waals surface area contributed by atoms with Crippen LogP contribution in [-0.2, 0) is 11.8 Å². The third kappa shape index (κ3) is 1.69. The van der Waals surface area contributed by atoms with Crippen LogP contribution in [0.15, 0.2) is 6.07 Å². The molecule has 0 N–H and O–H groups in total. The number of aryl methyl sites for hydroxylation is 1. The van der Waals surface area contributed by atoms with Gasteiger partial charge in [0.05, 0.1) is 5.69 Å². The van der Waals surface area contributed by atoms with E-state index in [9.17, 15) is 9.18 Å². The highest BCUT2D eigenvalue weighted by Gasteiger charge is 2.22. The summed E-state index contributed by atoms with van der Waals surface area (Å²) < 4.78 is 14.2. The van der Waals surface area contributed by atoms with E-state index < -0.39 is 0 Å². The van der Waals surface area contributed by atoms with E-state index in [1.54, 1.807) is 7.05 Å². The zero-order chi connectivity index (χ0) is 10.1. The first-order valence-corrected chi connectivity index (χ1v) is 4.88. The van der Waals surface area contributed by atoms with Crippen LogP contribution in [0.5, 0.6) is 0 Å². The second-order valence-corrected chi connectivity index (χ2v) is 3.83. The molecule has 1 heterocycles. The van der Waals surface area contributed by atoms with Gasteiger partial charge in [-0.2, -0.15) is 9.49 Å².